The molecule has 1 amide bonds. The second kappa shape index (κ2) is 10.2. The van der Waals surface area contributed by atoms with Crippen LogP contribution in [0, 0.1) is 0 Å². The third kappa shape index (κ3) is 6.24. The Morgan fingerprint density at radius 3 is 2.38 bits per heavy atom. The molecular formula is C21H26N2O3. The van der Waals surface area contributed by atoms with Crippen LogP contribution in [0.15, 0.2) is 53.6 Å². The molecule has 1 N–H and O–H groups in total. The van der Waals surface area contributed by atoms with Crippen LogP contribution in [-0.2, 0) is 4.79 Å². The monoisotopic (exact) mass is 354 g/mol. The molecule has 0 bridgehead atoms. The van der Waals surface area contributed by atoms with Gasteiger partial charge in [0.25, 0.3) is 5.91 Å². The highest BCUT2D eigenvalue weighted by molar-refractivity contribution is 5.83. The number of hydrogen-bond donors (Lipinski definition) is 1. The van der Waals surface area contributed by atoms with Gasteiger partial charge in [-0.1, -0.05) is 32.4 Å². The second-order valence-electron chi connectivity index (χ2n) is 6.11. The lowest BCUT2D eigenvalue weighted by Gasteiger charge is -2.11. The van der Waals surface area contributed by atoms with E-state index >= 15 is 0 Å². The van der Waals surface area contributed by atoms with Gasteiger partial charge in [-0.15, -0.1) is 0 Å². The molecule has 0 aromatic heterocycles. The van der Waals surface area contributed by atoms with Crippen molar-refractivity contribution in [1.29, 1.82) is 0 Å². The summed E-state index contributed by atoms with van der Waals surface area (Å²) in [5, 5.41) is 3.92. The average Bonchev–Trinajstić information content (AvgIpc) is 2.67. The maximum atomic E-state index is 11.8. The number of hydrazone groups is 1. The van der Waals surface area contributed by atoms with Crippen LogP contribution >= 0.6 is 0 Å². The van der Waals surface area contributed by atoms with E-state index < -0.39 is 0 Å². The van der Waals surface area contributed by atoms with Crippen LogP contribution in [0.3, 0.4) is 0 Å². The molecular weight excluding hydrogens is 328 g/mol. The molecule has 0 heterocycles. The summed E-state index contributed by atoms with van der Waals surface area (Å²) in [6.45, 7) is 4.32. The number of rotatable bonds is 9. The van der Waals surface area contributed by atoms with Crippen molar-refractivity contribution in [2.75, 3.05) is 13.7 Å². The van der Waals surface area contributed by atoms with E-state index in [9.17, 15) is 4.79 Å². The minimum atomic E-state index is -0.307. The zero-order chi connectivity index (χ0) is 18.8. The summed E-state index contributed by atoms with van der Waals surface area (Å²) in [5.41, 5.74) is 4.60. The number of ether oxygens (including phenoxy) is 2. The van der Waals surface area contributed by atoms with Crippen LogP contribution in [0.2, 0.25) is 0 Å². The van der Waals surface area contributed by atoms with Crippen molar-refractivity contribution in [2.24, 2.45) is 5.10 Å². The third-order valence-corrected chi connectivity index (χ3v) is 4.06. The van der Waals surface area contributed by atoms with Crippen LogP contribution in [0.1, 0.15) is 43.7 Å². The number of carbonyl (C=O) groups excluding carboxylic acids is 1. The predicted molar refractivity (Wildman–Crippen MR) is 104 cm³/mol. The summed E-state index contributed by atoms with van der Waals surface area (Å²) in [6.07, 6.45) is 3.90. The smallest absolute Gasteiger partial charge is 0.277 e. The van der Waals surface area contributed by atoms with Gasteiger partial charge in [-0.25, -0.2) is 5.43 Å². The molecule has 0 saturated carbocycles. The van der Waals surface area contributed by atoms with Gasteiger partial charge in [0.05, 0.1) is 13.3 Å². The first-order valence-corrected chi connectivity index (χ1v) is 8.81. The first kappa shape index (κ1) is 19.5. The highest BCUT2D eigenvalue weighted by Gasteiger charge is 2.05. The van der Waals surface area contributed by atoms with Gasteiger partial charge in [0.15, 0.2) is 6.61 Å². The Hall–Kier alpha value is -2.82. The van der Waals surface area contributed by atoms with E-state index in [0.717, 1.165) is 24.2 Å². The lowest BCUT2D eigenvalue weighted by Crippen LogP contribution is -2.24. The zero-order valence-corrected chi connectivity index (χ0v) is 15.6. The molecule has 0 unspecified atom stereocenters. The van der Waals surface area contributed by atoms with Crippen LogP contribution in [-0.4, -0.2) is 25.8 Å². The molecule has 5 nitrogen and oxygen atoms in total. The molecule has 0 fully saturated rings. The SMILES string of the molecule is CCC[C@H](C)c1ccc(OCC(=O)N/N=C\c2ccc(OC)cc2)cc1. The summed E-state index contributed by atoms with van der Waals surface area (Å²) >= 11 is 0. The van der Waals surface area contributed by atoms with E-state index in [0.29, 0.717) is 11.7 Å². The zero-order valence-electron chi connectivity index (χ0n) is 15.6. The number of benzene rings is 2. The summed E-state index contributed by atoms with van der Waals surface area (Å²) in [4.78, 5) is 11.8. The van der Waals surface area contributed by atoms with Crippen molar-refractivity contribution < 1.29 is 14.3 Å². The van der Waals surface area contributed by atoms with Crippen molar-refractivity contribution >= 4 is 12.1 Å². The Morgan fingerprint density at radius 1 is 1.12 bits per heavy atom. The maximum absolute atomic E-state index is 11.8. The van der Waals surface area contributed by atoms with Crippen LogP contribution < -0.4 is 14.9 Å². The fourth-order valence-electron chi connectivity index (χ4n) is 2.54. The van der Waals surface area contributed by atoms with E-state index in [1.165, 1.54) is 5.56 Å². The van der Waals surface area contributed by atoms with Crippen molar-refractivity contribution in [3.8, 4) is 11.5 Å². The van der Waals surface area contributed by atoms with Crippen molar-refractivity contribution in [3.05, 3.63) is 59.7 Å². The second-order valence-corrected chi connectivity index (χ2v) is 6.11. The predicted octanol–water partition coefficient (Wildman–Crippen LogP) is 4.13. The Kier molecular flexibility index (Phi) is 7.68. The number of nitrogens with one attached hydrogen (secondary N) is 1. The fourth-order valence-corrected chi connectivity index (χ4v) is 2.54. The van der Waals surface area contributed by atoms with Crippen LogP contribution in [0.4, 0.5) is 0 Å². The average molecular weight is 354 g/mol. The van der Waals surface area contributed by atoms with Crippen molar-refractivity contribution in [3.63, 3.8) is 0 Å². The van der Waals surface area contributed by atoms with Gasteiger partial charge < -0.3 is 9.47 Å². The molecule has 138 valence electrons. The number of amides is 1. The molecule has 2 aromatic carbocycles. The Bertz CT molecular complexity index is 709. The highest BCUT2D eigenvalue weighted by atomic mass is 16.5. The number of nitrogens with zero attached hydrogens (tertiary/aromatic N) is 1. The molecule has 0 aliphatic rings. The van der Waals surface area contributed by atoms with Gasteiger partial charge in [-0.2, -0.15) is 5.10 Å². The third-order valence-electron chi connectivity index (χ3n) is 4.06. The van der Waals surface area contributed by atoms with Gasteiger partial charge >= 0.3 is 0 Å². The fraction of sp³-hybridized carbons (Fsp3) is 0.333. The molecule has 0 saturated heterocycles. The molecule has 1 atom stereocenters. The quantitative estimate of drug-likeness (QED) is 0.544. The molecule has 26 heavy (non-hydrogen) atoms. The van der Waals surface area contributed by atoms with E-state index in [2.05, 4.69) is 36.5 Å². The number of hydrogen-bond acceptors (Lipinski definition) is 4. The lowest BCUT2D eigenvalue weighted by molar-refractivity contribution is -0.123. The largest absolute Gasteiger partial charge is 0.497 e. The summed E-state index contributed by atoms with van der Waals surface area (Å²) in [7, 11) is 1.61. The molecule has 2 rings (SSSR count). The van der Waals surface area contributed by atoms with Crippen molar-refractivity contribution in [1.82, 2.24) is 5.43 Å². The normalized spacial score (nSPS) is 12.0. The first-order valence-electron chi connectivity index (χ1n) is 8.81. The topological polar surface area (TPSA) is 59.9 Å². The van der Waals surface area contributed by atoms with E-state index in [4.69, 9.17) is 9.47 Å². The van der Waals surface area contributed by atoms with Gasteiger partial charge in [-0.05, 0) is 59.9 Å². The highest BCUT2D eigenvalue weighted by Crippen LogP contribution is 2.22. The van der Waals surface area contributed by atoms with Crippen LogP contribution in [0.5, 0.6) is 11.5 Å². The van der Waals surface area contributed by atoms with Crippen molar-refractivity contribution in [2.45, 2.75) is 32.6 Å². The minimum Gasteiger partial charge on any atom is -0.497 e. The van der Waals surface area contributed by atoms with E-state index in [1.54, 1.807) is 13.3 Å². The summed E-state index contributed by atoms with van der Waals surface area (Å²) in [6, 6.07) is 15.3. The van der Waals surface area contributed by atoms with E-state index in [1.807, 2.05) is 36.4 Å². The standard InChI is InChI=1S/C21H26N2O3/c1-4-5-16(2)18-8-12-20(13-9-18)26-15-21(24)23-22-14-17-6-10-19(25-3)11-7-17/h6-14,16H,4-5,15H2,1-3H3,(H,23,24)/b22-14-/t16-/m0/s1. The molecule has 0 aliphatic carbocycles. The van der Waals surface area contributed by atoms with Crippen LogP contribution in [0.25, 0.3) is 0 Å². The number of carbonyl (C=O) groups is 1. The summed E-state index contributed by atoms with van der Waals surface area (Å²) < 4.78 is 10.6. The Morgan fingerprint density at radius 2 is 1.77 bits per heavy atom. The first-order chi connectivity index (χ1) is 12.6. The molecule has 0 aliphatic heterocycles. The molecule has 5 heteroatoms. The summed E-state index contributed by atoms with van der Waals surface area (Å²) in [5.74, 6) is 1.67. The van der Waals surface area contributed by atoms with Gasteiger partial charge in [0.1, 0.15) is 11.5 Å². The molecule has 0 radical (unpaired) electrons. The maximum Gasteiger partial charge on any atom is 0.277 e. The van der Waals surface area contributed by atoms with Gasteiger partial charge in [0, 0.05) is 0 Å². The van der Waals surface area contributed by atoms with Gasteiger partial charge in [-0.3, -0.25) is 4.79 Å². The number of methoxy groups -OCH3 is 1. The molecule has 0 spiro atoms. The lowest BCUT2D eigenvalue weighted by atomic mass is 9.97. The molecule has 2 aromatic rings. The minimum absolute atomic E-state index is 0.0796. The Balaban J connectivity index is 1.76. The van der Waals surface area contributed by atoms with Gasteiger partial charge in [0.2, 0.25) is 0 Å². The Labute approximate surface area is 155 Å². The van der Waals surface area contributed by atoms with E-state index in [-0.39, 0.29) is 12.5 Å².